The van der Waals surface area contributed by atoms with Crippen LogP contribution in [0.2, 0.25) is 19.6 Å². The van der Waals surface area contributed by atoms with E-state index in [9.17, 15) is 9.59 Å². The van der Waals surface area contributed by atoms with Crippen LogP contribution in [0.25, 0.3) is 0 Å². The van der Waals surface area contributed by atoms with Crippen LogP contribution in [0.5, 0.6) is 0 Å². The topological polar surface area (TPSA) is 52.6 Å². The van der Waals surface area contributed by atoms with Crippen molar-refractivity contribution in [2.45, 2.75) is 65.8 Å². The van der Waals surface area contributed by atoms with Crippen LogP contribution in [0.3, 0.4) is 0 Å². The Labute approximate surface area is 141 Å². The molecule has 0 N–H and O–H groups in total. The van der Waals surface area contributed by atoms with Crippen LogP contribution in [-0.2, 0) is 18.8 Å². The second-order valence-corrected chi connectivity index (χ2v) is 12.4. The Hall–Kier alpha value is -0.943. The molecule has 1 fully saturated rings. The molecule has 3 atom stereocenters. The summed E-state index contributed by atoms with van der Waals surface area (Å²) < 4.78 is 11.3. The van der Waals surface area contributed by atoms with Crippen LogP contribution in [0.15, 0.2) is 12.2 Å². The van der Waals surface area contributed by atoms with Crippen molar-refractivity contribution in [2.24, 2.45) is 17.3 Å². The molecule has 1 aliphatic rings. The van der Waals surface area contributed by atoms with Gasteiger partial charge in [0.05, 0.1) is 24.5 Å². The second-order valence-electron chi connectivity index (χ2n) is 7.92. The van der Waals surface area contributed by atoms with Gasteiger partial charge >= 0.3 is 5.97 Å². The molecule has 0 radical (unpaired) electrons. The van der Waals surface area contributed by atoms with E-state index in [4.69, 9.17) is 9.16 Å². The smallest absolute Gasteiger partial charge is 0.311 e. The minimum atomic E-state index is -1.81. The van der Waals surface area contributed by atoms with Gasteiger partial charge in [0.2, 0.25) is 0 Å². The van der Waals surface area contributed by atoms with Crippen molar-refractivity contribution in [3.8, 4) is 0 Å². The van der Waals surface area contributed by atoms with Gasteiger partial charge in [-0.15, -0.1) is 0 Å². The lowest BCUT2D eigenvalue weighted by molar-refractivity contribution is -0.158. The predicted molar refractivity (Wildman–Crippen MR) is 94.7 cm³/mol. The van der Waals surface area contributed by atoms with E-state index >= 15 is 0 Å². The zero-order chi connectivity index (χ0) is 17.8. The van der Waals surface area contributed by atoms with Gasteiger partial charge in [-0.1, -0.05) is 12.2 Å². The number of esters is 1. The highest BCUT2D eigenvalue weighted by atomic mass is 28.4. The number of Topliss-reactive ketones (excluding diaryl/α,β-unsaturated/α-hetero) is 1. The number of hydrogen-bond acceptors (Lipinski definition) is 4. The van der Waals surface area contributed by atoms with Gasteiger partial charge in [0.1, 0.15) is 5.78 Å². The van der Waals surface area contributed by atoms with Crippen LogP contribution in [0, 0.1) is 17.3 Å². The van der Waals surface area contributed by atoms with E-state index in [0.29, 0.717) is 6.42 Å². The molecule has 4 nitrogen and oxygen atoms in total. The Morgan fingerprint density at radius 1 is 1.35 bits per heavy atom. The molecule has 1 rings (SSSR count). The molecule has 132 valence electrons. The molecule has 23 heavy (non-hydrogen) atoms. The van der Waals surface area contributed by atoms with Crippen LogP contribution >= 0.6 is 0 Å². The first-order valence-electron chi connectivity index (χ1n) is 8.46. The summed E-state index contributed by atoms with van der Waals surface area (Å²) in [5.74, 6) is -0.386. The highest BCUT2D eigenvalue weighted by Gasteiger charge is 2.49. The first-order valence-corrected chi connectivity index (χ1v) is 11.9. The Bertz CT molecular complexity index is 462. The van der Waals surface area contributed by atoms with Crippen molar-refractivity contribution in [3.63, 3.8) is 0 Å². The summed E-state index contributed by atoms with van der Waals surface area (Å²) >= 11 is 0. The standard InChI is InChI=1S/C18H32O4Si/c1-8-10-15(22-23(5,6)7)16-13(11-9-12-14(16)19)18(2,3)17(20)21-4/h8,10,13,15-16H,9,11-12H2,1-7H3/b10-8+/t13-,15-,16+/m0/s1. The molecule has 0 aliphatic heterocycles. The third-order valence-electron chi connectivity index (χ3n) is 4.61. The van der Waals surface area contributed by atoms with Crippen molar-refractivity contribution in [3.05, 3.63) is 12.2 Å². The van der Waals surface area contributed by atoms with E-state index in [-0.39, 0.29) is 29.7 Å². The van der Waals surface area contributed by atoms with Crippen molar-refractivity contribution in [2.75, 3.05) is 7.11 Å². The van der Waals surface area contributed by atoms with Gasteiger partial charge in [-0.05, 0) is 59.2 Å². The summed E-state index contributed by atoms with van der Waals surface area (Å²) in [5.41, 5.74) is -0.696. The molecule has 0 bridgehead atoms. The number of carbonyl (C=O) groups excluding carboxylic acids is 2. The average Bonchev–Trinajstić information content (AvgIpc) is 2.44. The molecule has 0 aromatic heterocycles. The van der Waals surface area contributed by atoms with E-state index in [1.807, 2.05) is 32.9 Å². The predicted octanol–water partition coefficient (Wildman–Crippen LogP) is 3.97. The maximum atomic E-state index is 12.7. The number of allylic oxidation sites excluding steroid dienone is 1. The van der Waals surface area contributed by atoms with Gasteiger partial charge in [0.15, 0.2) is 8.32 Å². The van der Waals surface area contributed by atoms with Gasteiger partial charge < -0.3 is 9.16 Å². The Kier molecular flexibility index (Phi) is 6.78. The summed E-state index contributed by atoms with van der Waals surface area (Å²) in [4.78, 5) is 25.0. The quantitative estimate of drug-likeness (QED) is 0.417. The Morgan fingerprint density at radius 2 is 1.96 bits per heavy atom. The third-order valence-corrected chi connectivity index (χ3v) is 5.59. The first kappa shape index (κ1) is 20.1. The molecule has 0 amide bonds. The second kappa shape index (κ2) is 7.75. The molecule has 0 heterocycles. The minimum Gasteiger partial charge on any atom is -0.469 e. The SMILES string of the molecule is C/C=C/[C@H](O[Si](C)(C)C)[C@H]1C(=O)CCC[C@@H]1C(C)(C)C(=O)OC. The number of methoxy groups -OCH3 is 1. The van der Waals surface area contributed by atoms with E-state index < -0.39 is 13.7 Å². The lowest BCUT2D eigenvalue weighted by Gasteiger charge is -2.43. The maximum Gasteiger partial charge on any atom is 0.311 e. The van der Waals surface area contributed by atoms with E-state index in [1.165, 1.54) is 7.11 Å². The lowest BCUT2D eigenvalue weighted by atomic mass is 9.63. The highest BCUT2D eigenvalue weighted by Crippen LogP contribution is 2.44. The molecule has 0 saturated heterocycles. The summed E-state index contributed by atoms with van der Waals surface area (Å²) in [6.45, 7) is 12.1. The monoisotopic (exact) mass is 340 g/mol. The zero-order valence-electron chi connectivity index (χ0n) is 15.6. The third kappa shape index (κ3) is 5.01. The van der Waals surface area contributed by atoms with Gasteiger partial charge in [-0.25, -0.2) is 0 Å². The van der Waals surface area contributed by atoms with Gasteiger partial charge in [0, 0.05) is 6.42 Å². The normalized spacial score (nSPS) is 24.7. The summed E-state index contributed by atoms with van der Waals surface area (Å²) in [6, 6.07) is 0. The molecule has 1 saturated carbocycles. The van der Waals surface area contributed by atoms with E-state index in [2.05, 4.69) is 19.6 Å². The van der Waals surface area contributed by atoms with Crippen LogP contribution < -0.4 is 0 Å². The van der Waals surface area contributed by atoms with E-state index in [0.717, 1.165) is 12.8 Å². The molecular weight excluding hydrogens is 308 g/mol. The molecule has 0 unspecified atom stereocenters. The molecule has 5 heteroatoms. The highest BCUT2D eigenvalue weighted by molar-refractivity contribution is 6.69. The number of ketones is 1. The van der Waals surface area contributed by atoms with Crippen LogP contribution in [0.4, 0.5) is 0 Å². The Balaban J connectivity index is 3.22. The van der Waals surface area contributed by atoms with Crippen LogP contribution in [0.1, 0.15) is 40.0 Å². The van der Waals surface area contributed by atoms with Crippen LogP contribution in [-0.4, -0.2) is 33.3 Å². The van der Waals surface area contributed by atoms with Crippen molar-refractivity contribution in [1.29, 1.82) is 0 Å². The van der Waals surface area contributed by atoms with Crippen molar-refractivity contribution >= 4 is 20.1 Å². The molecule has 1 aliphatic carbocycles. The summed E-state index contributed by atoms with van der Waals surface area (Å²) in [7, 11) is -0.406. The molecule has 0 spiro atoms. The van der Waals surface area contributed by atoms with Crippen molar-refractivity contribution < 1.29 is 18.8 Å². The minimum absolute atomic E-state index is 0.0613. The molecule has 0 aromatic carbocycles. The summed E-state index contributed by atoms with van der Waals surface area (Å²) in [5, 5.41) is 0. The van der Waals surface area contributed by atoms with E-state index in [1.54, 1.807) is 0 Å². The largest absolute Gasteiger partial charge is 0.469 e. The number of hydrogen-bond donors (Lipinski definition) is 0. The number of carbonyl (C=O) groups is 2. The fraction of sp³-hybridized carbons (Fsp3) is 0.778. The van der Waals surface area contributed by atoms with Gasteiger partial charge in [-0.3, -0.25) is 9.59 Å². The fourth-order valence-corrected chi connectivity index (χ4v) is 4.58. The molecule has 0 aromatic rings. The zero-order valence-corrected chi connectivity index (χ0v) is 16.6. The van der Waals surface area contributed by atoms with Gasteiger partial charge in [-0.2, -0.15) is 0 Å². The fourth-order valence-electron chi connectivity index (χ4n) is 3.53. The maximum absolute atomic E-state index is 12.7. The number of ether oxygens (including phenoxy) is 1. The lowest BCUT2D eigenvalue weighted by Crippen LogP contribution is -2.49. The number of rotatable bonds is 6. The van der Waals surface area contributed by atoms with Crippen molar-refractivity contribution in [1.82, 2.24) is 0 Å². The summed E-state index contributed by atoms with van der Waals surface area (Å²) in [6.07, 6.45) is 5.91. The first-order chi connectivity index (χ1) is 10.5. The molecular formula is C18H32O4Si. The Morgan fingerprint density at radius 3 is 2.43 bits per heavy atom. The van der Waals surface area contributed by atoms with Gasteiger partial charge in [0.25, 0.3) is 0 Å². The average molecular weight is 341 g/mol.